The smallest absolute Gasteiger partial charge is 0.296 e. The van der Waals surface area contributed by atoms with Gasteiger partial charge in [-0.05, 0) is 29.8 Å². The van der Waals surface area contributed by atoms with E-state index in [-0.39, 0.29) is 11.7 Å². The van der Waals surface area contributed by atoms with Crippen LogP contribution in [0.5, 0.6) is 0 Å². The van der Waals surface area contributed by atoms with Gasteiger partial charge in [-0.25, -0.2) is 4.98 Å². The van der Waals surface area contributed by atoms with Crippen LogP contribution in [0.15, 0.2) is 16.9 Å². The molecule has 0 spiro atoms. The van der Waals surface area contributed by atoms with Gasteiger partial charge in [-0.15, -0.1) is 0 Å². The number of nitro groups is 1. The Balaban J connectivity index is 3.08. The summed E-state index contributed by atoms with van der Waals surface area (Å²) in [5.74, 6) is 0. The third kappa shape index (κ3) is 2.66. The maximum Gasteiger partial charge on any atom is 0.296 e. The molecule has 6 heteroatoms. The highest BCUT2D eigenvalue weighted by atomic mass is 79.9. The topological polar surface area (TPSA) is 68.1 Å². The second kappa shape index (κ2) is 4.36. The zero-order valence-electron chi connectivity index (χ0n) is 7.82. The quantitative estimate of drug-likeness (QED) is 0.515. The Bertz CT molecular complexity index is 354. The number of halogens is 1. The number of rotatable bonds is 3. The van der Waals surface area contributed by atoms with Crippen LogP contribution in [0, 0.1) is 10.1 Å². The van der Waals surface area contributed by atoms with Crippen LogP contribution in [0.1, 0.15) is 13.8 Å². The molecule has 76 valence electrons. The maximum atomic E-state index is 10.7. The average Bonchev–Trinajstić information content (AvgIpc) is 2.07. The molecule has 0 unspecified atom stereocenters. The first-order chi connectivity index (χ1) is 6.50. The van der Waals surface area contributed by atoms with Gasteiger partial charge in [-0.3, -0.25) is 10.1 Å². The van der Waals surface area contributed by atoms with E-state index in [0.717, 1.165) is 0 Å². The van der Waals surface area contributed by atoms with E-state index in [9.17, 15) is 10.1 Å². The van der Waals surface area contributed by atoms with Crippen molar-refractivity contribution in [2.45, 2.75) is 19.9 Å². The summed E-state index contributed by atoms with van der Waals surface area (Å²) in [6.07, 6.45) is 1.45. The molecule has 0 aliphatic rings. The Morgan fingerprint density at radius 3 is 2.79 bits per heavy atom. The fourth-order valence-corrected chi connectivity index (χ4v) is 1.31. The van der Waals surface area contributed by atoms with Crippen molar-refractivity contribution in [3.63, 3.8) is 0 Å². The number of hydrogen-bond donors (Lipinski definition) is 1. The summed E-state index contributed by atoms with van der Waals surface area (Å²) in [5, 5.41) is 13.6. The molecule has 0 saturated carbocycles. The molecular formula is C8H10BrN3O2. The van der Waals surface area contributed by atoms with Gasteiger partial charge in [-0.1, -0.05) is 0 Å². The zero-order chi connectivity index (χ0) is 10.7. The van der Waals surface area contributed by atoms with E-state index in [4.69, 9.17) is 0 Å². The number of hydrogen-bond acceptors (Lipinski definition) is 4. The molecule has 1 aromatic rings. The minimum Gasteiger partial charge on any atom is -0.376 e. The van der Waals surface area contributed by atoms with Gasteiger partial charge in [0.15, 0.2) is 0 Å². The Labute approximate surface area is 89.8 Å². The molecule has 0 amide bonds. The molecule has 1 N–H and O–H groups in total. The lowest BCUT2D eigenvalue weighted by atomic mass is 10.3. The summed E-state index contributed by atoms with van der Waals surface area (Å²) < 4.78 is 0.457. The summed E-state index contributed by atoms with van der Waals surface area (Å²) >= 11 is 3.09. The minimum absolute atomic E-state index is 0.0283. The third-order valence-corrected chi connectivity index (χ3v) is 1.92. The van der Waals surface area contributed by atoms with E-state index in [1.807, 2.05) is 13.8 Å². The second-order valence-electron chi connectivity index (χ2n) is 3.08. The minimum atomic E-state index is -0.433. The normalized spacial score (nSPS) is 10.3. The molecule has 1 aromatic heterocycles. The summed E-state index contributed by atoms with van der Waals surface area (Å²) in [7, 11) is 0. The van der Waals surface area contributed by atoms with Gasteiger partial charge in [0, 0.05) is 6.04 Å². The molecule has 5 nitrogen and oxygen atoms in total. The summed E-state index contributed by atoms with van der Waals surface area (Å²) in [4.78, 5) is 14.2. The molecule has 1 rings (SSSR count). The van der Waals surface area contributed by atoms with Crippen LogP contribution in [0.25, 0.3) is 0 Å². The molecular weight excluding hydrogens is 250 g/mol. The molecule has 0 aromatic carbocycles. The highest BCUT2D eigenvalue weighted by Gasteiger charge is 2.15. The predicted molar refractivity (Wildman–Crippen MR) is 57.4 cm³/mol. The summed E-state index contributed by atoms with van der Waals surface area (Å²) in [6.45, 7) is 3.82. The molecule has 0 radical (unpaired) electrons. The van der Waals surface area contributed by atoms with Crippen molar-refractivity contribution in [2.75, 3.05) is 5.32 Å². The van der Waals surface area contributed by atoms with E-state index in [1.165, 1.54) is 12.3 Å². The van der Waals surface area contributed by atoms with Gasteiger partial charge in [0.2, 0.25) is 0 Å². The van der Waals surface area contributed by atoms with Crippen LogP contribution < -0.4 is 5.32 Å². The Kier molecular flexibility index (Phi) is 3.40. The highest BCUT2D eigenvalue weighted by molar-refractivity contribution is 9.10. The lowest BCUT2D eigenvalue weighted by Crippen LogP contribution is -2.11. The SMILES string of the molecule is CC(C)Nc1cnc(Br)cc1[N+](=O)[O-]. The van der Waals surface area contributed by atoms with Crippen LogP contribution in [0.3, 0.4) is 0 Å². The summed E-state index contributed by atoms with van der Waals surface area (Å²) in [5.41, 5.74) is 0.466. The van der Waals surface area contributed by atoms with E-state index >= 15 is 0 Å². The summed E-state index contributed by atoms with van der Waals surface area (Å²) in [6, 6.07) is 1.52. The lowest BCUT2D eigenvalue weighted by molar-refractivity contribution is -0.384. The van der Waals surface area contributed by atoms with Crippen molar-refractivity contribution in [3.8, 4) is 0 Å². The van der Waals surface area contributed by atoms with Crippen molar-refractivity contribution in [2.24, 2.45) is 0 Å². The van der Waals surface area contributed by atoms with Crippen molar-refractivity contribution in [1.29, 1.82) is 0 Å². The van der Waals surface area contributed by atoms with Crippen molar-refractivity contribution >= 4 is 27.3 Å². The molecule has 0 bridgehead atoms. The van der Waals surface area contributed by atoms with Gasteiger partial charge in [0.05, 0.1) is 17.2 Å². The fraction of sp³-hybridized carbons (Fsp3) is 0.375. The van der Waals surface area contributed by atoms with Crippen molar-refractivity contribution in [1.82, 2.24) is 4.98 Å². The predicted octanol–water partition coefficient (Wildman–Crippen LogP) is 2.57. The van der Waals surface area contributed by atoms with Crippen LogP contribution >= 0.6 is 15.9 Å². The van der Waals surface area contributed by atoms with Gasteiger partial charge in [-0.2, -0.15) is 0 Å². The average molecular weight is 260 g/mol. The zero-order valence-corrected chi connectivity index (χ0v) is 9.41. The number of pyridine rings is 1. The van der Waals surface area contributed by atoms with Crippen LogP contribution in [0.2, 0.25) is 0 Å². The van der Waals surface area contributed by atoms with E-state index < -0.39 is 4.92 Å². The maximum absolute atomic E-state index is 10.7. The Morgan fingerprint density at radius 1 is 1.64 bits per heavy atom. The largest absolute Gasteiger partial charge is 0.376 e. The first-order valence-corrected chi connectivity index (χ1v) is 4.86. The molecule has 0 aliphatic carbocycles. The number of aromatic nitrogens is 1. The third-order valence-electron chi connectivity index (χ3n) is 1.49. The first kappa shape index (κ1) is 10.9. The Hall–Kier alpha value is -1.17. The highest BCUT2D eigenvalue weighted by Crippen LogP contribution is 2.26. The molecule has 0 atom stereocenters. The molecule has 0 fully saturated rings. The first-order valence-electron chi connectivity index (χ1n) is 4.07. The van der Waals surface area contributed by atoms with Crippen LogP contribution in [0.4, 0.5) is 11.4 Å². The van der Waals surface area contributed by atoms with E-state index in [0.29, 0.717) is 10.3 Å². The van der Waals surface area contributed by atoms with Crippen LogP contribution in [-0.4, -0.2) is 15.9 Å². The second-order valence-corrected chi connectivity index (χ2v) is 3.89. The fourth-order valence-electron chi connectivity index (χ4n) is 0.993. The van der Waals surface area contributed by atoms with Crippen LogP contribution in [-0.2, 0) is 0 Å². The monoisotopic (exact) mass is 259 g/mol. The molecule has 1 heterocycles. The molecule has 0 aliphatic heterocycles. The van der Waals surface area contributed by atoms with Crippen molar-refractivity contribution < 1.29 is 4.92 Å². The standard InChI is InChI=1S/C8H10BrN3O2/c1-5(2)11-6-4-10-8(9)3-7(6)12(13)14/h3-5,11H,1-2H3. The number of nitrogens with zero attached hydrogens (tertiary/aromatic N) is 2. The van der Waals surface area contributed by atoms with Gasteiger partial charge in [0.1, 0.15) is 10.3 Å². The van der Waals surface area contributed by atoms with Gasteiger partial charge < -0.3 is 5.32 Å². The van der Waals surface area contributed by atoms with Gasteiger partial charge in [0.25, 0.3) is 5.69 Å². The lowest BCUT2D eigenvalue weighted by Gasteiger charge is -2.09. The Morgan fingerprint density at radius 2 is 2.29 bits per heavy atom. The number of anilines is 1. The number of nitrogens with one attached hydrogen (secondary N) is 1. The molecule has 14 heavy (non-hydrogen) atoms. The van der Waals surface area contributed by atoms with Crippen molar-refractivity contribution in [3.05, 3.63) is 27.0 Å². The molecule has 0 saturated heterocycles. The van der Waals surface area contributed by atoms with E-state index in [1.54, 1.807) is 0 Å². The van der Waals surface area contributed by atoms with Gasteiger partial charge >= 0.3 is 0 Å². The van der Waals surface area contributed by atoms with E-state index in [2.05, 4.69) is 26.2 Å².